The Labute approximate surface area is 85.0 Å². The van der Waals surface area contributed by atoms with Gasteiger partial charge in [-0.15, -0.1) is 12.3 Å². The van der Waals surface area contributed by atoms with Gasteiger partial charge in [0.25, 0.3) is 0 Å². The highest BCUT2D eigenvalue weighted by molar-refractivity contribution is 5.09. The van der Waals surface area contributed by atoms with Gasteiger partial charge in [0.05, 0.1) is 0 Å². The van der Waals surface area contributed by atoms with Crippen LogP contribution in [-0.2, 0) is 0 Å². The maximum atomic E-state index is 5.24. The standard InChI is InChI=1S/C11H15N3/c1-3-5-6-11(14-4-2)10-7-12-9-13-8-10/h1,7-9,11,14H,4-6H2,2H3. The summed E-state index contributed by atoms with van der Waals surface area (Å²) in [6.07, 6.45) is 12.1. The monoisotopic (exact) mass is 189 g/mol. The van der Waals surface area contributed by atoms with Gasteiger partial charge in [0.15, 0.2) is 0 Å². The Morgan fingerprint density at radius 2 is 2.21 bits per heavy atom. The molecule has 0 aliphatic rings. The zero-order valence-corrected chi connectivity index (χ0v) is 8.40. The second-order valence-corrected chi connectivity index (χ2v) is 3.02. The van der Waals surface area contributed by atoms with Gasteiger partial charge in [-0.3, -0.25) is 0 Å². The van der Waals surface area contributed by atoms with Crippen LogP contribution in [0.15, 0.2) is 18.7 Å². The van der Waals surface area contributed by atoms with Gasteiger partial charge in [0, 0.05) is 30.4 Å². The smallest absolute Gasteiger partial charge is 0.115 e. The van der Waals surface area contributed by atoms with Crippen molar-refractivity contribution in [2.75, 3.05) is 6.54 Å². The zero-order valence-electron chi connectivity index (χ0n) is 8.40. The fraction of sp³-hybridized carbons (Fsp3) is 0.455. The van der Waals surface area contributed by atoms with Gasteiger partial charge >= 0.3 is 0 Å². The van der Waals surface area contributed by atoms with E-state index in [1.807, 2.05) is 12.4 Å². The number of hydrogen-bond acceptors (Lipinski definition) is 3. The normalized spacial score (nSPS) is 12.0. The van der Waals surface area contributed by atoms with Crippen LogP contribution in [0.25, 0.3) is 0 Å². The molecule has 0 radical (unpaired) electrons. The van der Waals surface area contributed by atoms with Gasteiger partial charge in [0.2, 0.25) is 0 Å². The van der Waals surface area contributed by atoms with Crippen LogP contribution >= 0.6 is 0 Å². The van der Waals surface area contributed by atoms with Gasteiger partial charge in [-0.25, -0.2) is 9.97 Å². The predicted octanol–water partition coefficient (Wildman–Crippen LogP) is 1.54. The van der Waals surface area contributed by atoms with Gasteiger partial charge < -0.3 is 5.32 Å². The van der Waals surface area contributed by atoms with E-state index < -0.39 is 0 Å². The molecule has 0 spiro atoms. The third-order valence-electron chi connectivity index (χ3n) is 2.01. The number of terminal acetylenes is 1. The lowest BCUT2D eigenvalue weighted by Crippen LogP contribution is -2.21. The largest absolute Gasteiger partial charge is 0.310 e. The highest BCUT2D eigenvalue weighted by atomic mass is 14.9. The van der Waals surface area contributed by atoms with Crippen LogP contribution in [0.5, 0.6) is 0 Å². The summed E-state index contributed by atoms with van der Waals surface area (Å²) < 4.78 is 0. The van der Waals surface area contributed by atoms with Crippen molar-refractivity contribution in [3.8, 4) is 12.3 Å². The van der Waals surface area contributed by atoms with Crippen LogP contribution in [0.1, 0.15) is 31.4 Å². The molecule has 1 N–H and O–H groups in total. The maximum Gasteiger partial charge on any atom is 0.115 e. The van der Waals surface area contributed by atoms with Crippen molar-refractivity contribution in [1.29, 1.82) is 0 Å². The molecule has 3 nitrogen and oxygen atoms in total. The molecule has 1 heterocycles. The van der Waals surface area contributed by atoms with Crippen molar-refractivity contribution in [1.82, 2.24) is 15.3 Å². The molecular formula is C11H15N3. The predicted molar refractivity (Wildman–Crippen MR) is 56.5 cm³/mol. The molecular weight excluding hydrogens is 174 g/mol. The molecule has 0 fully saturated rings. The van der Waals surface area contributed by atoms with Crippen molar-refractivity contribution in [3.05, 3.63) is 24.3 Å². The number of nitrogens with one attached hydrogen (secondary N) is 1. The molecule has 0 aliphatic heterocycles. The Morgan fingerprint density at radius 3 is 2.79 bits per heavy atom. The van der Waals surface area contributed by atoms with Gasteiger partial charge in [-0.2, -0.15) is 0 Å². The Hall–Kier alpha value is -1.40. The summed E-state index contributed by atoms with van der Waals surface area (Å²) in [6.45, 7) is 3.00. The van der Waals surface area contributed by atoms with Crippen LogP contribution in [0, 0.1) is 12.3 Å². The Balaban J connectivity index is 2.63. The second kappa shape index (κ2) is 6.11. The van der Waals surface area contributed by atoms with Gasteiger partial charge in [-0.1, -0.05) is 6.92 Å². The Bertz CT molecular complexity index is 289. The molecule has 1 unspecified atom stereocenters. The minimum absolute atomic E-state index is 0.275. The first kappa shape index (κ1) is 10.7. The van der Waals surface area contributed by atoms with E-state index >= 15 is 0 Å². The molecule has 1 aromatic rings. The first-order valence-electron chi connectivity index (χ1n) is 4.80. The summed E-state index contributed by atoms with van der Waals surface area (Å²) in [6, 6.07) is 0.275. The minimum atomic E-state index is 0.275. The lowest BCUT2D eigenvalue weighted by molar-refractivity contribution is 0.519. The molecule has 1 aromatic heterocycles. The number of aromatic nitrogens is 2. The highest BCUT2D eigenvalue weighted by Gasteiger charge is 2.08. The average molecular weight is 189 g/mol. The summed E-state index contributed by atoms with van der Waals surface area (Å²) in [7, 11) is 0. The van der Waals surface area contributed by atoms with Crippen LogP contribution < -0.4 is 5.32 Å². The SMILES string of the molecule is C#CCCC(NCC)c1cncnc1. The molecule has 0 aliphatic carbocycles. The molecule has 0 saturated heterocycles. The lowest BCUT2D eigenvalue weighted by Gasteiger charge is -2.15. The minimum Gasteiger partial charge on any atom is -0.310 e. The van der Waals surface area contributed by atoms with E-state index in [1.165, 1.54) is 6.33 Å². The van der Waals surface area contributed by atoms with Gasteiger partial charge in [0.1, 0.15) is 6.33 Å². The lowest BCUT2D eigenvalue weighted by atomic mass is 10.1. The van der Waals surface area contributed by atoms with E-state index in [4.69, 9.17) is 6.42 Å². The van der Waals surface area contributed by atoms with E-state index in [9.17, 15) is 0 Å². The summed E-state index contributed by atoms with van der Waals surface area (Å²) in [4.78, 5) is 7.99. The van der Waals surface area contributed by atoms with Crippen molar-refractivity contribution in [3.63, 3.8) is 0 Å². The van der Waals surface area contributed by atoms with Crippen molar-refractivity contribution in [2.24, 2.45) is 0 Å². The maximum absolute atomic E-state index is 5.24. The van der Waals surface area contributed by atoms with E-state index in [-0.39, 0.29) is 6.04 Å². The van der Waals surface area contributed by atoms with Crippen LogP contribution in [0.4, 0.5) is 0 Å². The molecule has 0 aromatic carbocycles. The second-order valence-electron chi connectivity index (χ2n) is 3.02. The number of nitrogens with zero attached hydrogens (tertiary/aromatic N) is 2. The Kier molecular flexibility index (Phi) is 4.66. The molecule has 74 valence electrons. The molecule has 0 amide bonds. The highest BCUT2D eigenvalue weighted by Crippen LogP contribution is 2.15. The molecule has 1 rings (SSSR count). The van der Waals surface area contributed by atoms with E-state index in [0.717, 1.165) is 24.9 Å². The summed E-state index contributed by atoms with van der Waals surface area (Å²) in [5, 5.41) is 3.36. The first-order valence-corrected chi connectivity index (χ1v) is 4.80. The average Bonchev–Trinajstić information content (AvgIpc) is 2.25. The van der Waals surface area contributed by atoms with E-state index in [0.29, 0.717) is 0 Å². The third-order valence-corrected chi connectivity index (χ3v) is 2.01. The Morgan fingerprint density at radius 1 is 1.50 bits per heavy atom. The van der Waals surface area contributed by atoms with Gasteiger partial charge in [-0.05, 0) is 13.0 Å². The van der Waals surface area contributed by atoms with Crippen LogP contribution in [0.3, 0.4) is 0 Å². The van der Waals surface area contributed by atoms with Crippen LogP contribution in [-0.4, -0.2) is 16.5 Å². The summed E-state index contributed by atoms with van der Waals surface area (Å²) >= 11 is 0. The molecule has 0 saturated carbocycles. The first-order chi connectivity index (χ1) is 6.88. The van der Waals surface area contributed by atoms with Crippen LogP contribution in [0.2, 0.25) is 0 Å². The van der Waals surface area contributed by atoms with E-state index in [1.54, 1.807) is 0 Å². The molecule has 3 heteroatoms. The topological polar surface area (TPSA) is 37.8 Å². The third kappa shape index (κ3) is 3.15. The number of rotatable bonds is 5. The molecule has 0 bridgehead atoms. The van der Waals surface area contributed by atoms with Crippen molar-refractivity contribution < 1.29 is 0 Å². The quantitative estimate of drug-likeness (QED) is 0.714. The van der Waals surface area contributed by atoms with Crippen molar-refractivity contribution in [2.45, 2.75) is 25.8 Å². The summed E-state index contributed by atoms with van der Waals surface area (Å²) in [5.74, 6) is 2.65. The fourth-order valence-electron chi connectivity index (χ4n) is 1.35. The fourth-order valence-corrected chi connectivity index (χ4v) is 1.35. The molecule has 14 heavy (non-hydrogen) atoms. The van der Waals surface area contributed by atoms with Crippen molar-refractivity contribution >= 4 is 0 Å². The van der Waals surface area contributed by atoms with E-state index in [2.05, 4.69) is 28.1 Å². The number of hydrogen-bond donors (Lipinski definition) is 1. The molecule has 1 atom stereocenters. The summed E-state index contributed by atoms with van der Waals surface area (Å²) in [5.41, 5.74) is 1.10. The zero-order chi connectivity index (χ0) is 10.2.